The second-order valence-electron chi connectivity index (χ2n) is 9.47. The Labute approximate surface area is 240 Å². The molecule has 13 heteroatoms. The number of nitrogens with two attached hydrogens (primary N) is 5. The molecule has 0 bridgehead atoms. The zero-order chi connectivity index (χ0) is 30.9. The van der Waals surface area contributed by atoms with E-state index in [2.05, 4.69) is 20.6 Å². The number of phenolic OH excluding ortho intramolecular Hbond substituents is 1. The summed E-state index contributed by atoms with van der Waals surface area (Å²) in [6.45, 7) is 6.10. The van der Waals surface area contributed by atoms with E-state index >= 15 is 0 Å². The molecule has 13 nitrogen and oxygen atoms in total. The highest BCUT2D eigenvalue weighted by atomic mass is 16.3. The fourth-order valence-corrected chi connectivity index (χ4v) is 3.83. The second-order valence-corrected chi connectivity index (χ2v) is 9.47. The van der Waals surface area contributed by atoms with Gasteiger partial charge in [0.1, 0.15) is 17.8 Å². The van der Waals surface area contributed by atoms with Crippen molar-refractivity contribution in [1.82, 2.24) is 10.6 Å². The molecule has 224 valence electrons. The first-order valence-electron chi connectivity index (χ1n) is 13.1. The Morgan fingerprint density at radius 2 is 1.54 bits per heavy atom. The van der Waals surface area contributed by atoms with Gasteiger partial charge in [-0.05, 0) is 68.0 Å². The molecule has 2 atom stereocenters. The molecule has 2 rings (SSSR count). The molecule has 0 aliphatic rings. The first kappa shape index (κ1) is 34.2. The molecule has 0 heterocycles. The van der Waals surface area contributed by atoms with E-state index in [4.69, 9.17) is 28.7 Å². The smallest absolute Gasteiger partial charge is 0.245 e. The first-order chi connectivity index (χ1) is 19.3. The Balaban J connectivity index is 0.000000803. The van der Waals surface area contributed by atoms with Gasteiger partial charge in [0.2, 0.25) is 17.7 Å². The van der Waals surface area contributed by atoms with Crippen LogP contribution in [0.1, 0.15) is 42.0 Å². The van der Waals surface area contributed by atoms with E-state index in [0.29, 0.717) is 6.54 Å². The fraction of sp³-hybridized carbons (Fsp3) is 0.393. The molecule has 0 aromatic heterocycles. The zero-order valence-corrected chi connectivity index (χ0v) is 23.9. The van der Waals surface area contributed by atoms with Gasteiger partial charge in [-0.25, -0.2) is 4.99 Å². The highest BCUT2D eigenvalue weighted by molar-refractivity contribution is 5.91. The first-order valence-corrected chi connectivity index (χ1v) is 13.1. The predicted octanol–water partition coefficient (Wildman–Crippen LogP) is -0.418. The largest absolute Gasteiger partial charge is 0.508 e. The number of amides is 3. The number of carbonyl (C=O) groups excluding carboxylic acids is 3. The molecule has 2 aromatic carbocycles. The Bertz CT molecular complexity index is 1190. The summed E-state index contributed by atoms with van der Waals surface area (Å²) >= 11 is 0. The van der Waals surface area contributed by atoms with Gasteiger partial charge in [-0.15, -0.1) is 0 Å². The summed E-state index contributed by atoms with van der Waals surface area (Å²) in [7, 11) is 0. The van der Waals surface area contributed by atoms with Crippen molar-refractivity contribution < 1.29 is 19.5 Å². The lowest BCUT2D eigenvalue weighted by Crippen LogP contribution is -2.49. The number of aliphatic imine (C=N–C) groups is 2. The van der Waals surface area contributed by atoms with E-state index in [1.165, 1.54) is 5.56 Å². The number of rotatable bonds is 13. The zero-order valence-electron chi connectivity index (χ0n) is 23.9. The van der Waals surface area contributed by atoms with E-state index < -0.39 is 23.9 Å². The number of phenols is 1. The van der Waals surface area contributed by atoms with Crippen molar-refractivity contribution in [1.29, 1.82) is 0 Å². The summed E-state index contributed by atoms with van der Waals surface area (Å²) in [6, 6.07) is 11.6. The number of hydrogen-bond acceptors (Lipinski definition) is 6. The topological polar surface area (TPSA) is 250 Å². The van der Waals surface area contributed by atoms with Crippen LogP contribution in [0.15, 0.2) is 52.4 Å². The molecule has 13 N–H and O–H groups in total. The molecule has 0 aliphatic heterocycles. The summed E-state index contributed by atoms with van der Waals surface area (Å²) in [5, 5.41) is 15.3. The van der Waals surface area contributed by atoms with E-state index in [9.17, 15) is 19.5 Å². The molecule has 0 fully saturated rings. The number of hydrogen-bond donors (Lipinski definition) is 8. The van der Waals surface area contributed by atoms with Crippen molar-refractivity contribution in [3.63, 3.8) is 0 Å². The van der Waals surface area contributed by atoms with E-state index in [0.717, 1.165) is 29.5 Å². The Morgan fingerprint density at radius 1 is 0.927 bits per heavy atom. The molecule has 0 saturated heterocycles. The van der Waals surface area contributed by atoms with Gasteiger partial charge < -0.3 is 44.4 Å². The number of aryl methyl sites for hydroxylation is 3. The minimum absolute atomic E-state index is 0.0174. The van der Waals surface area contributed by atoms with Crippen LogP contribution in [0.3, 0.4) is 0 Å². The molecular weight excluding hydrogens is 526 g/mol. The summed E-state index contributed by atoms with van der Waals surface area (Å²) in [5.41, 5.74) is 29.5. The van der Waals surface area contributed by atoms with Crippen LogP contribution in [0, 0.1) is 13.8 Å². The van der Waals surface area contributed by atoms with Crippen LogP contribution in [0.2, 0.25) is 0 Å². The summed E-state index contributed by atoms with van der Waals surface area (Å²) in [5.74, 6) is -1.19. The molecule has 0 radical (unpaired) electrons. The maximum absolute atomic E-state index is 12.8. The van der Waals surface area contributed by atoms with Crippen molar-refractivity contribution in [2.45, 2.75) is 58.5 Å². The van der Waals surface area contributed by atoms with Crippen LogP contribution in [-0.2, 0) is 27.2 Å². The van der Waals surface area contributed by atoms with Gasteiger partial charge in [-0.3, -0.25) is 19.4 Å². The lowest BCUT2D eigenvalue weighted by Gasteiger charge is -2.19. The van der Waals surface area contributed by atoms with Gasteiger partial charge in [0, 0.05) is 19.4 Å². The number of primary amides is 1. The van der Waals surface area contributed by atoms with Crippen LogP contribution in [0.5, 0.6) is 5.75 Å². The van der Waals surface area contributed by atoms with Gasteiger partial charge in [-0.1, -0.05) is 30.3 Å². The Morgan fingerprint density at radius 3 is 2.07 bits per heavy atom. The van der Waals surface area contributed by atoms with Gasteiger partial charge in [0.25, 0.3) is 0 Å². The Hall–Kier alpha value is -4.81. The third kappa shape index (κ3) is 14.2. The van der Waals surface area contributed by atoms with Gasteiger partial charge >= 0.3 is 0 Å². The number of benzene rings is 2. The summed E-state index contributed by atoms with van der Waals surface area (Å²) in [4.78, 5) is 42.9. The van der Waals surface area contributed by atoms with Crippen LogP contribution >= 0.6 is 0 Å². The molecule has 0 unspecified atom stereocenters. The SMILES string of the molecule is Cc1cc(O)cc(C)c1C[C@H](N=C(N)N)C(=O)N[C@H](C)C(=O)NCCCc1ccccc1.NC(=O)CCN=C(N)N. The highest BCUT2D eigenvalue weighted by Gasteiger charge is 2.24. The lowest BCUT2D eigenvalue weighted by molar-refractivity contribution is -0.129. The minimum Gasteiger partial charge on any atom is -0.508 e. The van der Waals surface area contributed by atoms with Crippen molar-refractivity contribution in [2.75, 3.05) is 13.1 Å². The number of carbonyl (C=O) groups is 3. The fourth-order valence-electron chi connectivity index (χ4n) is 3.83. The summed E-state index contributed by atoms with van der Waals surface area (Å²) < 4.78 is 0. The van der Waals surface area contributed by atoms with E-state index in [-0.39, 0.29) is 43.0 Å². The van der Waals surface area contributed by atoms with Crippen molar-refractivity contribution in [3.05, 3.63) is 64.7 Å². The number of guanidine groups is 2. The van der Waals surface area contributed by atoms with Crippen LogP contribution in [0.25, 0.3) is 0 Å². The summed E-state index contributed by atoms with van der Waals surface area (Å²) in [6.07, 6.45) is 2.09. The second kappa shape index (κ2) is 17.7. The van der Waals surface area contributed by atoms with Gasteiger partial charge in [0.05, 0.1) is 6.54 Å². The molecule has 3 amide bonds. The lowest BCUT2D eigenvalue weighted by atomic mass is 9.95. The number of aromatic hydroxyl groups is 1. The van der Waals surface area contributed by atoms with Crippen LogP contribution in [-0.4, -0.2) is 59.9 Å². The quantitative estimate of drug-likeness (QED) is 0.0891. The standard InChI is InChI=1S/C24H33N5O3.C4H10N4O/c1-15-12-19(30)13-16(2)20(15)14-21(29-24(25)26)23(32)28-17(3)22(31)27-11-7-10-18-8-5-4-6-9-18;5-3(9)1-2-8-4(6)7/h4-6,8-9,12-13,17,21,30H,7,10-11,14H2,1-3H3,(H,27,31)(H,28,32)(H4,25,26,29);1-2H2,(H2,5,9)(H4,6,7,8)/t17-,21+;/m1./s1. The molecule has 0 saturated carbocycles. The van der Waals surface area contributed by atoms with E-state index in [1.807, 2.05) is 44.2 Å². The highest BCUT2D eigenvalue weighted by Crippen LogP contribution is 2.22. The van der Waals surface area contributed by atoms with Crippen LogP contribution < -0.4 is 39.3 Å². The maximum atomic E-state index is 12.8. The predicted molar refractivity (Wildman–Crippen MR) is 161 cm³/mol. The van der Waals surface area contributed by atoms with Crippen molar-refractivity contribution >= 4 is 29.6 Å². The average Bonchev–Trinajstić information content (AvgIpc) is 2.88. The van der Waals surface area contributed by atoms with E-state index in [1.54, 1.807) is 19.1 Å². The normalized spacial score (nSPS) is 11.6. The Kier molecular flexibility index (Phi) is 14.8. The molecule has 41 heavy (non-hydrogen) atoms. The minimum atomic E-state index is -0.893. The molecule has 2 aromatic rings. The van der Waals surface area contributed by atoms with Gasteiger partial charge in [-0.2, -0.15) is 0 Å². The van der Waals surface area contributed by atoms with Crippen LogP contribution in [0.4, 0.5) is 0 Å². The third-order valence-electron chi connectivity index (χ3n) is 5.87. The third-order valence-corrected chi connectivity index (χ3v) is 5.87. The van der Waals surface area contributed by atoms with Crippen molar-refractivity contribution in [2.24, 2.45) is 38.7 Å². The maximum Gasteiger partial charge on any atom is 0.245 e. The van der Waals surface area contributed by atoms with Gasteiger partial charge in [0.15, 0.2) is 11.9 Å². The monoisotopic (exact) mass is 569 g/mol. The van der Waals surface area contributed by atoms with Crippen molar-refractivity contribution in [3.8, 4) is 5.75 Å². The number of nitrogens with zero attached hydrogens (tertiary/aromatic N) is 2. The molecule has 0 aliphatic carbocycles. The molecular formula is C28H43N9O4. The number of nitrogens with one attached hydrogen (secondary N) is 2. The molecule has 0 spiro atoms. The average molecular weight is 570 g/mol.